The van der Waals surface area contributed by atoms with Crippen molar-refractivity contribution in [2.24, 2.45) is 7.05 Å². The van der Waals surface area contributed by atoms with Gasteiger partial charge in [0, 0.05) is 38.1 Å². The minimum Gasteiger partial charge on any atom is -0.287 e. The number of hydrogen-bond acceptors (Lipinski definition) is 5. The molecule has 8 heteroatoms. The molecule has 3 rings (SSSR count). The van der Waals surface area contributed by atoms with Gasteiger partial charge >= 0.3 is 0 Å². The Morgan fingerprint density at radius 3 is 2.81 bits per heavy atom. The Balaban J connectivity index is 2.08. The van der Waals surface area contributed by atoms with E-state index in [0.29, 0.717) is 22.2 Å². The van der Waals surface area contributed by atoms with Crippen molar-refractivity contribution in [2.45, 2.75) is 6.92 Å². The lowest BCUT2D eigenvalue weighted by Gasteiger charge is -2.14. The number of carbonyl (C=O) groups is 1. The average Bonchev–Trinajstić information content (AvgIpc) is 3.17. The molecule has 3 aromatic heterocycles. The molecule has 7 nitrogen and oxygen atoms in total. The minimum absolute atomic E-state index is 0.152. The highest BCUT2D eigenvalue weighted by Crippen LogP contribution is 2.23. The zero-order valence-electron chi connectivity index (χ0n) is 11.9. The summed E-state index contributed by atoms with van der Waals surface area (Å²) in [6.07, 6.45) is 5.13. The van der Waals surface area contributed by atoms with Gasteiger partial charge in [0.1, 0.15) is 5.56 Å². The van der Waals surface area contributed by atoms with Crippen LogP contribution in [-0.4, -0.2) is 37.5 Å². The van der Waals surface area contributed by atoms with Crippen molar-refractivity contribution in [2.75, 3.05) is 11.9 Å². The molecule has 1 amide bonds. The number of rotatable bonds is 3. The van der Waals surface area contributed by atoms with E-state index in [1.54, 1.807) is 48.1 Å². The first kappa shape index (κ1) is 13.5. The first-order valence-corrected chi connectivity index (χ1v) is 7.18. The minimum atomic E-state index is -0.152. The van der Waals surface area contributed by atoms with Crippen LogP contribution in [0.3, 0.4) is 0 Å². The highest BCUT2D eigenvalue weighted by molar-refractivity contribution is 7.13. The molecule has 0 aliphatic heterocycles. The topological polar surface area (TPSA) is 68.8 Å². The number of aryl methyl sites for hydroxylation is 2. The second kappa shape index (κ2) is 5.13. The molecule has 3 aromatic rings. The van der Waals surface area contributed by atoms with Crippen molar-refractivity contribution < 1.29 is 4.79 Å². The summed E-state index contributed by atoms with van der Waals surface area (Å²) in [5.41, 5.74) is 1.19. The van der Waals surface area contributed by atoms with E-state index in [4.69, 9.17) is 0 Å². The number of hydrogen-bond donors (Lipinski definition) is 0. The van der Waals surface area contributed by atoms with E-state index in [1.165, 1.54) is 16.2 Å². The Kier molecular flexibility index (Phi) is 3.30. The normalized spacial score (nSPS) is 10.8. The largest absolute Gasteiger partial charge is 0.287 e. The van der Waals surface area contributed by atoms with Crippen molar-refractivity contribution in [1.29, 1.82) is 0 Å². The van der Waals surface area contributed by atoms with Crippen LogP contribution in [0.2, 0.25) is 0 Å². The first-order valence-electron chi connectivity index (χ1n) is 6.30. The van der Waals surface area contributed by atoms with Crippen molar-refractivity contribution >= 4 is 22.4 Å². The van der Waals surface area contributed by atoms with Gasteiger partial charge in [0.05, 0.1) is 5.69 Å². The molecule has 0 bridgehead atoms. The molecule has 0 aliphatic carbocycles. The van der Waals surface area contributed by atoms with E-state index in [1.807, 2.05) is 12.3 Å². The van der Waals surface area contributed by atoms with Crippen LogP contribution in [-0.2, 0) is 7.05 Å². The van der Waals surface area contributed by atoms with Gasteiger partial charge in [0.25, 0.3) is 5.91 Å². The summed E-state index contributed by atoms with van der Waals surface area (Å²) in [6.45, 7) is 1.82. The van der Waals surface area contributed by atoms with Crippen molar-refractivity contribution in [3.8, 4) is 5.82 Å². The number of anilines is 1. The van der Waals surface area contributed by atoms with Crippen LogP contribution >= 0.6 is 11.3 Å². The summed E-state index contributed by atoms with van der Waals surface area (Å²) in [6, 6.07) is 1.81. The molecule has 0 spiro atoms. The van der Waals surface area contributed by atoms with Crippen molar-refractivity contribution in [3.63, 3.8) is 0 Å². The van der Waals surface area contributed by atoms with E-state index in [-0.39, 0.29) is 5.91 Å². The summed E-state index contributed by atoms with van der Waals surface area (Å²) < 4.78 is 3.30. The van der Waals surface area contributed by atoms with Gasteiger partial charge in [-0.3, -0.25) is 9.69 Å². The molecule has 0 radical (unpaired) electrons. The Morgan fingerprint density at radius 1 is 1.38 bits per heavy atom. The van der Waals surface area contributed by atoms with Gasteiger partial charge in [-0.2, -0.15) is 10.2 Å². The number of nitrogens with zero attached hydrogens (tertiary/aromatic N) is 6. The lowest BCUT2D eigenvalue weighted by atomic mass is 10.2. The molecule has 0 fully saturated rings. The second-order valence-corrected chi connectivity index (χ2v) is 5.41. The second-order valence-electron chi connectivity index (χ2n) is 4.54. The maximum Gasteiger partial charge on any atom is 0.265 e. The quantitative estimate of drug-likeness (QED) is 0.737. The van der Waals surface area contributed by atoms with E-state index in [0.717, 1.165) is 0 Å². The molecule has 0 aliphatic rings. The van der Waals surface area contributed by atoms with Gasteiger partial charge in [0.15, 0.2) is 10.9 Å². The first-order chi connectivity index (χ1) is 10.1. The average molecular weight is 302 g/mol. The fourth-order valence-electron chi connectivity index (χ4n) is 2.19. The summed E-state index contributed by atoms with van der Waals surface area (Å²) in [5, 5.41) is 11.0. The monoisotopic (exact) mass is 302 g/mol. The number of amides is 1. The van der Waals surface area contributed by atoms with Gasteiger partial charge in [-0.1, -0.05) is 0 Å². The lowest BCUT2D eigenvalue weighted by Crippen LogP contribution is -2.27. The van der Waals surface area contributed by atoms with Gasteiger partial charge < -0.3 is 0 Å². The van der Waals surface area contributed by atoms with Gasteiger partial charge in [-0.15, -0.1) is 11.3 Å². The van der Waals surface area contributed by atoms with Gasteiger partial charge in [-0.05, 0) is 13.0 Å². The fourth-order valence-corrected chi connectivity index (χ4v) is 2.80. The maximum atomic E-state index is 12.8. The van der Waals surface area contributed by atoms with Crippen LogP contribution in [0.15, 0.2) is 30.0 Å². The van der Waals surface area contributed by atoms with E-state index in [2.05, 4.69) is 15.2 Å². The smallest absolute Gasteiger partial charge is 0.265 e. The lowest BCUT2D eigenvalue weighted by molar-refractivity contribution is 0.0992. The Morgan fingerprint density at radius 2 is 2.19 bits per heavy atom. The number of aromatic nitrogens is 5. The standard InChI is InChI=1S/C13H14N6OS/c1-9-10(12(20)17(2)13-14-6-8-21-13)11(18(3)16-9)19-7-4-5-15-19/h4-8H,1-3H3. The predicted octanol–water partition coefficient (Wildman–Crippen LogP) is 1.65. The van der Waals surface area contributed by atoms with Crippen LogP contribution in [0.4, 0.5) is 5.13 Å². The molecule has 0 unspecified atom stereocenters. The van der Waals surface area contributed by atoms with E-state index >= 15 is 0 Å². The third kappa shape index (κ3) is 2.23. The van der Waals surface area contributed by atoms with Crippen LogP contribution < -0.4 is 4.90 Å². The van der Waals surface area contributed by atoms with Crippen LogP contribution in [0, 0.1) is 6.92 Å². The molecular weight excluding hydrogens is 288 g/mol. The van der Waals surface area contributed by atoms with Crippen LogP contribution in [0.5, 0.6) is 0 Å². The van der Waals surface area contributed by atoms with Crippen LogP contribution in [0.1, 0.15) is 16.1 Å². The highest BCUT2D eigenvalue weighted by atomic mass is 32.1. The summed E-state index contributed by atoms with van der Waals surface area (Å²) in [7, 11) is 3.50. The summed E-state index contributed by atoms with van der Waals surface area (Å²) in [5.74, 6) is 0.493. The van der Waals surface area contributed by atoms with Gasteiger partial charge in [0.2, 0.25) is 0 Å². The predicted molar refractivity (Wildman–Crippen MR) is 79.9 cm³/mol. The van der Waals surface area contributed by atoms with Crippen molar-refractivity contribution in [3.05, 3.63) is 41.3 Å². The molecule has 108 valence electrons. The van der Waals surface area contributed by atoms with Crippen molar-refractivity contribution in [1.82, 2.24) is 24.5 Å². The van der Waals surface area contributed by atoms with E-state index < -0.39 is 0 Å². The molecule has 0 aromatic carbocycles. The Hall–Kier alpha value is -2.48. The Bertz CT molecular complexity index is 759. The molecular formula is C13H14N6OS. The van der Waals surface area contributed by atoms with E-state index in [9.17, 15) is 4.79 Å². The zero-order valence-corrected chi connectivity index (χ0v) is 12.7. The molecule has 0 saturated carbocycles. The fraction of sp³-hybridized carbons (Fsp3) is 0.231. The molecule has 0 saturated heterocycles. The third-order valence-electron chi connectivity index (χ3n) is 3.14. The summed E-state index contributed by atoms with van der Waals surface area (Å²) >= 11 is 1.41. The molecule has 3 heterocycles. The maximum absolute atomic E-state index is 12.8. The summed E-state index contributed by atoms with van der Waals surface area (Å²) in [4.78, 5) is 18.5. The third-order valence-corrected chi connectivity index (χ3v) is 3.99. The van der Waals surface area contributed by atoms with Crippen LogP contribution in [0.25, 0.3) is 5.82 Å². The zero-order chi connectivity index (χ0) is 15.0. The number of thiazole rings is 1. The SMILES string of the molecule is Cc1nn(C)c(-n2cccn2)c1C(=O)N(C)c1nccs1. The molecule has 0 atom stereocenters. The van der Waals surface area contributed by atoms with Gasteiger partial charge in [-0.25, -0.2) is 14.3 Å². The number of carbonyl (C=O) groups excluding carboxylic acids is 1. The molecule has 0 N–H and O–H groups in total. The molecule has 21 heavy (non-hydrogen) atoms. The Labute approximate surface area is 125 Å². The highest BCUT2D eigenvalue weighted by Gasteiger charge is 2.26.